The Morgan fingerprint density at radius 3 is 2.82 bits per heavy atom. The molecule has 0 saturated heterocycles. The maximum atomic E-state index is 8.82. The fourth-order valence-electron chi connectivity index (χ4n) is 1.58. The summed E-state index contributed by atoms with van der Waals surface area (Å²) in [4.78, 5) is 6.70. The van der Waals surface area contributed by atoms with E-state index in [-0.39, 0.29) is 0 Å². The van der Waals surface area contributed by atoms with Crippen molar-refractivity contribution in [2.75, 3.05) is 11.9 Å². The first kappa shape index (κ1) is 11.4. The highest BCUT2D eigenvalue weighted by atomic mass is 32.1. The smallest absolute Gasteiger partial charge is 0.110 e. The van der Waals surface area contributed by atoms with Gasteiger partial charge >= 0.3 is 0 Å². The van der Waals surface area contributed by atoms with Crippen molar-refractivity contribution in [3.05, 3.63) is 40.6 Å². The summed E-state index contributed by atoms with van der Waals surface area (Å²) in [7, 11) is 1.95. The van der Waals surface area contributed by atoms with Crippen LogP contribution in [0.3, 0.4) is 0 Å². The number of anilines is 2. The molecule has 3 nitrogen and oxygen atoms in total. The van der Waals surface area contributed by atoms with E-state index in [1.165, 1.54) is 11.3 Å². The first-order valence-electron chi connectivity index (χ1n) is 5.04. The third kappa shape index (κ3) is 2.19. The predicted octanol–water partition coefficient (Wildman–Crippen LogP) is 3.72. The summed E-state index contributed by atoms with van der Waals surface area (Å²) in [5.41, 5.74) is 2.80. The molecule has 1 heterocycles. The zero-order valence-electron chi connectivity index (χ0n) is 9.42. The van der Waals surface area contributed by atoms with Crippen LogP contribution in [0.25, 0.3) is 0 Å². The van der Waals surface area contributed by atoms with Crippen LogP contribution in [0.15, 0.2) is 40.7 Å². The highest BCUT2D eigenvalue weighted by Crippen LogP contribution is 2.34. The highest BCUT2D eigenvalue weighted by Gasteiger charge is 2.09. The van der Waals surface area contributed by atoms with E-state index in [1.54, 1.807) is 0 Å². The van der Waals surface area contributed by atoms with Crippen LogP contribution in [0.1, 0.15) is 4.88 Å². The standard InChI is InChI=1S/C13H11N3S/c1-15-12-5-3-4-6-13(12)16(2)10-7-11(8-14)17-9-10/h3-7,9H,1H2,2H3. The molecule has 1 aromatic carbocycles. The van der Waals surface area contributed by atoms with E-state index >= 15 is 0 Å². The van der Waals surface area contributed by atoms with Crippen molar-refractivity contribution in [2.45, 2.75) is 0 Å². The van der Waals surface area contributed by atoms with E-state index in [1.807, 2.05) is 47.7 Å². The lowest BCUT2D eigenvalue weighted by atomic mass is 10.2. The molecule has 0 aliphatic carbocycles. The summed E-state index contributed by atoms with van der Waals surface area (Å²) in [5, 5.41) is 10.8. The van der Waals surface area contributed by atoms with Gasteiger partial charge in [-0.05, 0) is 24.9 Å². The van der Waals surface area contributed by atoms with Crippen molar-refractivity contribution in [3.8, 4) is 6.07 Å². The molecule has 0 aliphatic heterocycles. The lowest BCUT2D eigenvalue weighted by Crippen LogP contribution is -2.08. The van der Waals surface area contributed by atoms with Crippen molar-refractivity contribution in [1.29, 1.82) is 5.26 Å². The molecule has 0 N–H and O–H groups in total. The highest BCUT2D eigenvalue weighted by molar-refractivity contribution is 7.11. The van der Waals surface area contributed by atoms with Crippen molar-refractivity contribution in [2.24, 2.45) is 4.99 Å². The maximum Gasteiger partial charge on any atom is 0.110 e. The molecule has 2 rings (SSSR count). The second-order valence-electron chi connectivity index (χ2n) is 3.49. The fourth-order valence-corrected chi connectivity index (χ4v) is 2.30. The van der Waals surface area contributed by atoms with Crippen LogP contribution in [0.5, 0.6) is 0 Å². The Kier molecular flexibility index (Phi) is 3.22. The van der Waals surface area contributed by atoms with Crippen LogP contribution >= 0.6 is 11.3 Å². The first-order valence-corrected chi connectivity index (χ1v) is 5.92. The van der Waals surface area contributed by atoms with Gasteiger partial charge in [0.15, 0.2) is 0 Å². The Labute approximate surface area is 104 Å². The quantitative estimate of drug-likeness (QED) is 0.768. The number of hydrogen-bond donors (Lipinski definition) is 0. The Hall–Kier alpha value is -2.12. The van der Waals surface area contributed by atoms with E-state index in [4.69, 9.17) is 5.26 Å². The minimum atomic E-state index is 0.705. The van der Waals surface area contributed by atoms with Gasteiger partial charge in [-0.1, -0.05) is 12.1 Å². The molecule has 0 fully saturated rings. The molecule has 0 amide bonds. The van der Waals surface area contributed by atoms with Gasteiger partial charge in [-0.3, -0.25) is 4.99 Å². The van der Waals surface area contributed by atoms with Crippen LogP contribution in [0.4, 0.5) is 17.1 Å². The minimum Gasteiger partial charge on any atom is -0.342 e. The summed E-state index contributed by atoms with van der Waals surface area (Å²) >= 11 is 1.44. The third-order valence-corrected chi connectivity index (χ3v) is 3.32. The number of nitriles is 1. The lowest BCUT2D eigenvalue weighted by Gasteiger charge is -2.19. The summed E-state index contributed by atoms with van der Waals surface area (Å²) < 4.78 is 0. The predicted molar refractivity (Wildman–Crippen MR) is 72.7 cm³/mol. The average molecular weight is 241 g/mol. The van der Waals surface area contributed by atoms with Gasteiger partial charge < -0.3 is 4.90 Å². The van der Waals surface area contributed by atoms with E-state index in [0.29, 0.717) is 4.88 Å². The SMILES string of the molecule is C=Nc1ccccc1N(C)c1csc(C#N)c1. The van der Waals surface area contributed by atoms with Crippen LogP contribution in [-0.4, -0.2) is 13.8 Å². The average Bonchev–Trinajstić information content (AvgIpc) is 2.86. The molecule has 0 atom stereocenters. The molecule has 2 aromatic rings. The van der Waals surface area contributed by atoms with Crippen molar-refractivity contribution < 1.29 is 0 Å². The van der Waals surface area contributed by atoms with Gasteiger partial charge in [-0.2, -0.15) is 5.26 Å². The molecule has 0 saturated carbocycles. The van der Waals surface area contributed by atoms with Gasteiger partial charge in [0.1, 0.15) is 10.9 Å². The van der Waals surface area contributed by atoms with Crippen LogP contribution in [0.2, 0.25) is 0 Å². The summed E-state index contributed by atoms with van der Waals surface area (Å²) in [6, 6.07) is 11.8. The van der Waals surface area contributed by atoms with Gasteiger partial charge in [0.25, 0.3) is 0 Å². The Balaban J connectivity index is 2.40. The minimum absolute atomic E-state index is 0.705. The molecule has 84 valence electrons. The normalized spacial score (nSPS) is 9.65. The number of rotatable bonds is 3. The molecule has 17 heavy (non-hydrogen) atoms. The lowest BCUT2D eigenvalue weighted by molar-refractivity contribution is 1.21. The molecule has 4 heteroatoms. The Morgan fingerprint density at radius 1 is 1.41 bits per heavy atom. The van der Waals surface area contributed by atoms with Gasteiger partial charge in [0.05, 0.1) is 17.1 Å². The number of para-hydroxylation sites is 2. The van der Waals surface area contributed by atoms with E-state index in [2.05, 4.69) is 17.8 Å². The Bertz CT molecular complexity index is 580. The molecule has 0 aliphatic rings. The van der Waals surface area contributed by atoms with E-state index in [9.17, 15) is 0 Å². The zero-order valence-corrected chi connectivity index (χ0v) is 10.2. The van der Waals surface area contributed by atoms with Gasteiger partial charge in [-0.15, -0.1) is 11.3 Å². The van der Waals surface area contributed by atoms with Crippen molar-refractivity contribution in [3.63, 3.8) is 0 Å². The zero-order chi connectivity index (χ0) is 12.3. The Morgan fingerprint density at radius 2 is 2.18 bits per heavy atom. The summed E-state index contributed by atoms with van der Waals surface area (Å²) in [6.07, 6.45) is 0. The van der Waals surface area contributed by atoms with Gasteiger partial charge in [0.2, 0.25) is 0 Å². The number of hydrogen-bond acceptors (Lipinski definition) is 4. The number of benzene rings is 1. The molecule has 0 unspecified atom stereocenters. The van der Waals surface area contributed by atoms with Gasteiger partial charge in [0, 0.05) is 12.4 Å². The number of aliphatic imine (C=N–C) groups is 1. The summed E-state index contributed by atoms with van der Waals surface area (Å²) in [6.45, 7) is 3.56. The van der Waals surface area contributed by atoms with Crippen LogP contribution in [0, 0.1) is 11.3 Å². The van der Waals surface area contributed by atoms with Gasteiger partial charge in [-0.25, -0.2) is 0 Å². The number of nitrogens with zero attached hydrogens (tertiary/aromatic N) is 3. The molecule has 0 bridgehead atoms. The first-order chi connectivity index (χ1) is 8.26. The second-order valence-corrected chi connectivity index (χ2v) is 4.40. The monoisotopic (exact) mass is 241 g/mol. The molecule has 1 aromatic heterocycles. The molecule has 0 radical (unpaired) electrons. The maximum absolute atomic E-state index is 8.82. The molecule has 0 spiro atoms. The topological polar surface area (TPSA) is 39.4 Å². The van der Waals surface area contributed by atoms with Crippen LogP contribution in [-0.2, 0) is 0 Å². The molecular formula is C13H11N3S. The third-order valence-electron chi connectivity index (χ3n) is 2.50. The largest absolute Gasteiger partial charge is 0.342 e. The van der Waals surface area contributed by atoms with Crippen LogP contribution < -0.4 is 4.90 Å². The fraction of sp³-hybridized carbons (Fsp3) is 0.0769. The molecular weight excluding hydrogens is 230 g/mol. The van der Waals surface area contributed by atoms with Crippen molar-refractivity contribution in [1.82, 2.24) is 0 Å². The summed E-state index contributed by atoms with van der Waals surface area (Å²) in [5.74, 6) is 0. The van der Waals surface area contributed by atoms with E-state index in [0.717, 1.165) is 17.1 Å². The number of thiophene rings is 1. The van der Waals surface area contributed by atoms with Crippen molar-refractivity contribution >= 4 is 35.1 Å². The van der Waals surface area contributed by atoms with E-state index < -0.39 is 0 Å². The second kappa shape index (κ2) is 4.81.